The van der Waals surface area contributed by atoms with Crippen molar-refractivity contribution in [3.8, 4) is 0 Å². The molecule has 1 rings (SSSR count). The van der Waals surface area contributed by atoms with Crippen LogP contribution in [0.25, 0.3) is 0 Å². The van der Waals surface area contributed by atoms with Crippen molar-refractivity contribution < 1.29 is 4.79 Å². The van der Waals surface area contributed by atoms with Gasteiger partial charge in [0.05, 0.1) is 0 Å². The lowest BCUT2D eigenvalue weighted by Crippen LogP contribution is -2.37. The summed E-state index contributed by atoms with van der Waals surface area (Å²) < 4.78 is 0. The van der Waals surface area contributed by atoms with Gasteiger partial charge in [-0.25, -0.2) is 0 Å². The first-order chi connectivity index (χ1) is 10.4. The van der Waals surface area contributed by atoms with E-state index >= 15 is 0 Å². The Balaban J connectivity index is 2.51. The van der Waals surface area contributed by atoms with Crippen molar-refractivity contribution >= 4 is 5.78 Å². The highest BCUT2D eigenvalue weighted by Gasteiger charge is 2.34. The Hall–Kier alpha value is -0.790. The van der Waals surface area contributed by atoms with Gasteiger partial charge in [0.15, 0.2) is 5.78 Å². The third-order valence-corrected chi connectivity index (χ3v) is 4.88. The standard InChI is InChI=1S/C20H37NO/c1-6-7-8-9-10-11-12-13-17(22)18-19(16(2)3)21-15-14-20(18,4)5/h16,21H,6-15H2,1-5H3. The number of carbonyl (C=O) groups excluding carboxylic acids is 1. The van der Waals surface area contributed by atoms with Gasteiger partial charge in [0, 0.05) is 24.2 Å². The Labute approximate surface area is 138 Å². The van der Waals surface area contributed by atoms with Crippen LogP contribution in [0.15, 0.2) is 11.3 Å². The lowest BCUT2D eigenvalue weighted by molar-refractivity contribution is -0.117. The fraction of sp³-hybridized carbons (Fsp3) is 0.850. The van der Waals surface area contributed by atoms with E-state index in [1.54, 1.807) is 0 Å². The SMILES string of the molecule is CCCCCCCCCC(=O)C1=C(C(C)C)NCCC1(C)C. The van der Waals surface area contributed by atoms with Gasteiger partial charge >= 0.3 is 0 Å². The highest BCUT2D eigenvalue weighted by atomic mass is 16.1. The number of rotatable bonds is 10. The second-order valence-electron chi connectivity index (χ2n) is 7.80. The van der Waals surface area contributed by atoms with Crippen molar-refractivity contribution in [3.05, 3.63) is 11.3 Å². The van der Waals surface area contributed by atoms with Crippen LogP contribution in [0.2, 0.25) is 0 Å². The maximum atomic E-state index is 12.8. The van der Waals surface area contributed by atoms with Crippen molar-refractivity contribution in [2.24, 2.45) is 11.3 Å². The summed E-state index contributed by atoms with van der Waals surface area (Å²) in [6.45, 7) is 12.1. The maximum absolute atomic E-state index is 12.8. The van der Waals surface area contributed by atoms with Gasteiger partial charge in [0.2, 0.25) is 0 Å². The molecule has 0 aromatic carbocycles. The summed E-state index contributed by atoms with van der Waals surface area (Å²) in [5, 5.41) is 3.49. The summed E-state index contributed by atoms with van der Waals surface area (Å²) >= 11 is 0. The molecule has 0 aromatic heterocycles. The minimum absolute atomic E-state index is 0.0308. The van der Waals surface area contributed by atoms with Crippen molar-refractivity contribution in [2.45, 2.75) is 92.4 Å². The van der Waals surface area contributed by atoms with E-state index < -0.39 is 0 Å². The number of nitrogens with one attached hydrogen (secondary N) is 1. The predicted octanol–water partition coefficient (Wildman–Crippen LogP) is 5.63. The molecule has 0 aromatic rings. The molecule has 0 unspecified atom stereocenters. The average molecular weight is 308 g/mol. The van der Waals surface area contributed by atoms with E-state index in [4.69, 9.17) is 0 Å². The van der Waals surface area contributed by atoms with Crippen LogP contribution in [0.5, 0.6) is 0 Å². The van der Waals surface area contributed by atoms with Gasteiger partial charge in [-0.15, -0.1) is 0 Å². The molecule has 0 atom stereocenters. The van der Waals surface area contributed by atoms with Gasteiger partial charge < -0.3 is 5.32 Å². The largest absolute Gasteiger partial charge is 0.388 e. The first-order valence-electron chi connectivity index (χ1n) is 9.42. The van der Waals surface area contributed by atoms with E-state index in [1.165, 1.54) is 44.2 Å². The molecule has 2 heteroatoms. The molecule has 128 valence electrons. The Morgan fingerprint density at radius 2 is 1.68 bits per heavy atom. The van der Waals surface area contributed by atoms with E-state index in [-0.39, 0.29) is 5.41 Å². The van der Waals surface area contributed by atoms with Gasteiger partial charge in [-0.1, -0.05) is 73.1 Å². The quantitative estimate of drug-likeness (QED) is 0.530. The number of Topliss-reactive ketones (excluding diaryl/α,β-unsaturated/α-hetero) is 1. The molecule has 1 aliphatic heterocycles. The summed E-state index contributed by atoms with van der Waals surface area (Å²) in [7, 11) is 0. The molecule has 1 N–H and O–H groups in total. The van der Waals surface area contributed by atoms with Crippen LogP contribution < -0.4 is 5.32 Å². The second kappa shape index (κ2) is 9.37. The molecule has 0 saturated carbocycles. The van der Waals surface area contributed by atoms with Gasteiger partial charge in [0.25, 0.3) is 0 Å². The van der Waals surface area contributed by atoms with E-state index in [0.29, 0.717) is 11.7 Å². The summed E-state index contributed by atoms with van der Waals surface area (Å²) in [6, 6.07) is 0. The fourth-order valence-corrected chi connectivity index (χ4v) is 3.48. The van der Waals surface area contributed by atoms with Crippen LogP contribution in [0.1, 0.15) is 92.4 Å². The smallest absolute Gasteiger partial charge is 0.161 e. The van der Waals surface area contributed by atoms with E-state index in [9.17, 15) is 4.79 Å². The predicted molar refractivity (Wildman–Crippen MR) is 95.9 cm³/mol. The Morgan fingerprint density at radius 1 is 1.09 bits per heavy atom. The third kappa shape index (κ3) is 5.78. The zero-order valence-electron chi connectivity index (χ0n) is 15.6. The number of allylic oxidation sites excluding steroid dienone is 2. The van der Waals surface area contributed by atoms with Crippen molar-refractivity contribution in [2.75, 3.05) is 6.54 Å². The van der Waals surface area contributed by atoms with Crippen LogP contribution >= 0.6 is 0 Å². The minimum Gasteiger partial charge on any atom is -0.388 e. The molecule has 2 nitrogen and oxygen atoms in total. The first kappa shape index (κ1) is 19.3. The molecule has 0 amide bonds. The fourth-order valence-electron chi connectivity index (χ4n) is 3.48. The zero-order valence-corrected chi connectivity index (χ0v) is 15.6. The summed E-state index contributed by atoms with van der Waals surface area (Å²) in [5.74, 6) is 0.794. The van der Waals surface area contributed by atoms with Gasteiger partial charge in [-0.2, -0.15) is 0 Å². The number of hydrogen-bond acceptors (Lipinski definition) is 2. The first-order valence-corrected chi connectivity index (χ1v) is 9.42. The molecule has 0 spiro atoms. The number of unbranched alkanes of at least 4 members (excludes halogenated alkanes) is 6. The molecule has 0 saturated heterocycles. The molecular formula is C20H37NO. The summed E-state index contributed by atoms with van der Waals surface area (Å²) in [6.07, 6.45) is 10.6. The normalized spacial score (nSPS) is 17.7. The summed E-state index contributed by atoms with van der Waals surface area (Å²) in [4.78, 5) is 12.8. The van der Waals surface area contributed by atoms with Crippen LogP contribution in [-0.4, -0.2) is 12.3 Å². The number of carbonyl (C=O) groups is 1. The lowest BCUT2D eigenvalue weighted by atomic mass is 9.73. The van der Waals surface area contributed by atoms with Gasteiger partial charge in [0.1, 0.15) is 0 Å². The highest BCUT2D eigenvalue weighted by molar-refractivity contribution is 5.97. The van der Waals surface area contributed by atoms with Crippen LogP contribution in [0.4, 0.5) is 0 Å². The lowest BCUT2D eigenvalue weighted by Gasteiger charge is -2.36. The molecule has 1 heterocycles. The van der Waals surface area contributed by atoms with Crippen LogP contribution in [0.3, 0.4) is 0 Å². The number of ketones is 1. The molecular weight excluding hydrogens is 270 g/mol. The molecule has 22 heavy (non-hydrogen) atoms. The molecule has 0 aliphatic carbocycles. The van der Waals surface area contributed by atoms with E-state index in [1.807, 2.05) is 0 Å². The molecule has 0 radical (unpaired) electrons. The Morgan fingerprint density at radius 3 is 2.27 bits per heavy atom. The minimum atomic E-state index is 0.0308. The van der Waals surface area contributed by atoms with E-state index in [0.717, 1.165) is 31.4 Å². The highest BCUT2D eigenvalue weighted by Crippen LogP contribution is 2.38. The topological polar surface area (TPSA) is 29.1 Å². The molecule has 0 bridgehead atoms. The second-order valence-corrected chi connectivity index (χ2v) is 7.80. The zero-order chi connectivity index (χ0) is 16.6. The molecule has 0 fully saturated rings. The maximum Gasteiger partial charge on any atom is 0.161 e. The van der Waals surface area contributed by atoms with Gasteiger partial charge in [-0.05, 0) is 24.2 Å². The van der Waals surface area contributed by atoms with Crippen molar-refractivity contribution in [1.29, 1.82) is 0 Å². The van der Waals surface area contributed by atoms with E-state index in [2.05, 4.69) is 39.9 Å². The number of hydrogen-bond donors (Lipinski definition) is 1. The third-order valence-electron chi connectivity index (χ3n) is 4.88. The summed E-state index contributed by atoms with van der Waals surface area (Å²) in [5.41, 5.74) is 2.31. The van der Waals surface area contributed by atoms with Crippen molar-refractivity contribution in [3.63, 3.8) is 0 Å². The van der Waals surface area contributed by atoms with Crippen LogP contribution in [-0.2, 0) is 4.79 Å². The van der Waals surface area contributed by atoms with Gasteiger partial charge in [-0.3, -0.25) is 4.79 Å². The Kier molecular flexibility index (Phi) is 8.20. The van der Waals surface area contributed by atoms with Crippen molar-refractivity contribution in [1.82, 2.24) is 5.32 Å². The Bertz CT molecular complexity index is 379. The molecule has 1 aliphatic rings. The average Bonchev–Trinajstić information content (AvgIpc) is 2.44. The van der Waals surface area contributed by atoms with Crippen LogP contribution in [0, 0.1) is 11.3 Å². The monoisotopic (exact) mass is 307 g/mol.